The molecule has 298 valence electrons. The summed E-state index contributed by atoms with van der Waals surface area (Å²) in [4.78, 5) is 15.4. The lowest BCUT2D eigenvalue weighted by Gasteiger charge is -2.14. The van der Waals surface area contributed by atoms with E-state index < -0.39 is 0 Å². The normalized spacial score (nSPS) is 12.1. The Morgan fingerprint density at radius 3 is 1.61 bits per heavy atom. The number of benzene rings is 9. The van der Waals surface area contributed by atoms with E-state index in [1.165, 1.54) is 58.3 Å². The summed E-state index contributed by atoms with van der Waals surface area (Å²) >= 11 is 1.88. The third-order valence-electron chi connectivity index (χ3n) is 12.7. The van der Waals surface area contributed by atoms with E-state index in [4.69, 9.17) is 19.4 Å². The van der Waals surface area contributed by atoms with Gasteiger partial charge in [-0.1, -0.05) is 152 Å². The lowest BCUT2D eigenvalue weighted by atomic mass is 10.0. The minimum absolute atomic E-state index is 0.547. The number of thiophene rings is 1. The Kier molecular flexibility index (Phi) is 7.46. The Morgan fingerprint density at radius 1 is 0.391 bits per heavy atom. The lowest BCUT2D eigenvalue weighted by molar-refractivity contribution is 0.669. The molecule has 5 heterocycles. The summed E-state index contributed by atoms with van der Waals surface area (Å²) in [6.45, 7) is 0. The van der Waals surface area contributed by atoms with Gasteiger partial charge in [0.2, 0.25) is 0 Å². The van der Waals surface area contributed by atoms with E-state index in [0.29, 0.717) is 17.5 Å². The van der Waals surface area contributed by atoms with E-state index in [1.54, 1.807) is 0 Å². The van der Waals surface area contributed by atoms with Crippen molar-refractivity contribution in [1.82, 2.24) is 24.1 Å². The van der Waals surface area contributed by atoms with E-state index in [2.05, 4.69) is 143 Å². The molecule has 0 saturated carbocycles. The van der Waals surface area contributed by atoms with E-state index in [0.717, 1.165) is 55.5 Å². The Morgan fingerprint density at radius 2 is 0.906 bits per heavy atom. The maximum atomic E-state index is 7.01. The van der Waals surface area contributed by atoms with Crippen molar-refractivity contribution in [3.8, 4) is 45.5 Å². The monoisotopic (exact) mass is 835 g/mol. The molecule has 0 fully saturated rings. The highest BCUT2D eigenvalue weighted by Crippen LogP contribution is 2.52. The summed E-state index contributed by atoms with van der Waals surface area (Å²) in [7, 11) is 0. The average Bonchev–Trinajstić information content (AvgIpc) is 4.13. The minimum atomic E-state index is 0.547. The number of para-hydroxylation sites is 4. The molecule has 0 radical (unpaired) electrons. The Hall–Kier alpha value is -8.39. The SMILES string of the molecule is c1ccc(-c2nc(-c3ccccc3)nc(-c3ccc(-n4c5ccccc5c5c6c(c7ccccc7n6-c6ccccc6)c6sc7ccccc7c6c54)c4c3oc3ccccc34)n2)cc1. The van der Waals surface area contributed by atoms with Crippen molar-refractivity contribution in [2.75, 3.05) is 0 Å². The summed E-state index contributed by atoms with van der Waals surface area (Å²) in [5.41, 5.74) is 11.0. The number of hydrogen-bond donors (Lipinski definition) is 0. The molecule has 0 atom stereocenters. The average molecular weight is 836 g/mol. The maximum Gasteiger partial charge on any atom is 0.167 e. The molecule has 14 rings (SSSR count). The first-order valence-corrected chi connectivity index (χ1v) is 22.3. The van der Waals surface area contributed by atoms with Crippen molar-refractivity contribution >= 4 is 97.1 Å². The van der Waals surface area contributed by atoms with Gasteiger partial charge >= 0.3 is 0 Å². The second-order valence-electron chi connectivity index (χ2n) is 16.3. The van der Waals surface area contributed by atoms with Crippen LogP contribution in [0.4, 0.5) is 0 Å². The van der Waals surface area contributed by atoms with Crippen LogP contribution in [-0.2, 0) is 0 Å². The zero-order valence-corrected chi connectivity index (χ0v) is 34.9. The molecule has 64 heavy (non-hydrogen) atoms. The maximum absolute atomic E-state index is 7.01. The fourth-order valence-electron chi connectivity index (χ4n) is 10.1. The molecule has 0 N–H and O–H groups in total. The second-order valence-corrected chi connectivity index (χ2v) is 17.3. The predicted molar refractivity (Wildman–Crippen MR) is 265 cm³/mol. The molecule has 0 saturated heterocycles. The van der Waals surface area contributed by atoms with Crippen molar-refractivity contribution in [2.24, 2.45) is 0 Å². The zero-order chi connectivity index (χ0) is 41.9. The number of hydrogen-bond acceptors (Lipinski definition) is 5. The summed E-state index contributed by atoms with van der Waals surface area (Å²) < 4.78 is 14.5. The molecule has 0 amide bonds. The van der Waals surface area contributed by atoms with Gasteiger partial charge in [-0.3, -0.25) is 0 Å². The molecule has 0 spiro atoms. The summed E-state index contributed by atoms with van der Waals surface area (Å²) in [6.07, 6.45) is 0. The molecular weight excluding hydrogens is 803 g/mol. The van der Waals surface area contributed by atoms with Crippen molar-refractivity contribution in [1.29, 1.82) is 0 Å². The first-order chi connectivity index (χ1) is 31.8. The van der Waals surface area contributed by atoms with Gasteiger partial charge in [0, 0.05) is 63.9 Å². The fraction of sp³-hybridized carbons (Fsp3) is 0. The minimum Gasteiger partial charge on any atom is -0.455 e. The summed E-state index contributed by atoms with van der Waals surface area (Å²) in [5, 5.41) is 9.42. The Balaban J connectivity index is 1.16. The van der Waals surface area contributed by atoms with Gasteiger partial charge in [0.15, 0.2) is 17.5 Å². The molecule has 14 aromatic rings. The van der Waals surface area contributed by atoms with Crippen LogP contribution in [0, 0.1) is 0 Å². The topological polar surface area (TPSA) is 61.7 Å². The van der Waals surface area contributed by atoms with Gasteiger partial charge in [0.1, 0.15) is 11.2 Å². The lowest BCUT2D eigenvalue weighted by Crippen LogP contribution is -2.01. The number of aromatic nitrogens is 5. The van der Waals surface area contributed by atoms with Gasteiger partial charge < -0.3 is 13.6 Å². The van der Waals surface area contributed by atoms with Gasteiger partial charge in [-0.25, -0.2) is 15.0 Å². The second kappa shape index (κ2) is 13.6. The van der Waals surface area contributed by atoms with Crippen LogP contribution >= 0.6 is 11.3 Å². The molecule has 0 aliphatic heterocycles. The summed E-state index contributed by atoms with van der Waals surface area (Å²) in [5.74, 6) is 1.75. The van der Waals surface area contributed by atoms with Gasteiger partial charge in [-0.15, -0.1) is 11.3 Å². The fourth-order valence-corrected chi connectivity index (χ4v) is 11.3. The molecule has 7 heteroatoms. The van der Waals surface area contributed by atoms with Gasteiger partial charge in [0.05, 0.1) is 38.7 Å². The standard InChI is InChI=1S/C57H33N5OS/c1-4-18-34(19-5-1)55-58-56(35-20-6-2-7-21-35)60-57(59-55)41-32-33-44(47-39-26-12-16-30-45(39)63-53(41)47)62-43-29-15-10-24-37(43)48-51-49(54-50(52(48)62)40-27-13-17-31-46(40)64-54)38-25-11-14-28-42(38)61(51)36-22-8-3-9-23-36/h1-33H. The highest BCUT2D eigenvalue weighted by atomic mass is 32.1. The van der Waals surface area contributed by atoms with E-state index in [1.807, 2.05) is 78.1 Å². The molecule has 0 unspecified atom stereocenters. The van der Waals surface area contributed by atoms with Crippen LogP contribution in [0.15, 0.2) is 205 Å². The molecular formula is C57H33N5OS. The van der Waals surface area contributed by atoms with Crippen LogP contribution in [0.25, 0.3) is 131 Å². The highest BCUT2D eigenvalue weighted by molar-refractivity contribution is 7.27. The quantitative estimate of drug-likeness (QED) is 0.173. The predicted octanol–water partition coefficient (Wildman–Crippen LogP) is 15.3. The van der Waals surface area contributed by atoms with E-state index in [9.17, 15) is 0 Å². The van der Waals surface area contributed by atoms with Crippen LogP contribution in [0.5, 0.6) is 0 Å². The third kappa shape index (κ3) is 4.98. The van der Waals surface area contributed by atoms with Crippen molar-refractivity contribution in [3.05, 3.63) is 200 Å². The van der Waals surface area contributed by atoms with Gasteiger partial charge in [-0.2, -0.15) is 0 Å². The number of furan rings is 1. The van der Waals surface area contributed by atoms with Crippen molar-refractivity contribution in [3.63, 3.8) is 0 Å². The Bertz CT molecular complexity index is 4130. The largest absolute Gasteiger partial charge is 0.455 e. The van der Waals surface area contributed by atoms with Gasteiger partial charge in [-0.05, 0) is 48.5 Å². The van der Waals surface area contributed by atoms with Crippen LogP contribution in [0.1, 0.15) is 0 Å². The summed E-state index contributed by atoms with van der Waals surface area (Å²) in [6, 6.07) is 70.4. The van der Waals surface area contributed by atoms with Crippen molar-refractivity contribution < 1.29 is 4.42 Å². The molecule has 0 aliphatic carbocycles. The van der Waals surface area contributed by atoms with Crippen LogP contribution < -0.4 is 0 Å². The smallest absolute Gasteiger partial charge is 0.167 e. The highest BCUT2D eigenvalue weighted by Gasteiger charge is 2.29. The van der Waals surface area contributed by atoms with Crippen LogP contribution in [-0.4, -0.2) is 24.1 Å². The molecule has 9 aromatic carbocycles. The van der Waals surface area contributed by atoms with Crippen LogP contribution in [0.2, 0.25) is 0 Å². The van der Waals surface area contributed by atoms with Crippen LogP contribution in [0.3, 0.4) is 0 Å². The first-order valence-electron chi connectivity index (χ1n) is 21.5. The first kappa shape index (κ1) is 35.2. The molecule has 0 aliphatic rings. The molecule has 6 nitrogen and oxygen atoms in total. The van der Waals surface area contributed by atoms with E-state index >= 15 is 0 Å². The van der Waals surface area contributed by atoms with E-state index in [-0.39, 0.29) is 0 Å². The number of fused-ring (bicyclic) bond motifs is 15. The zero-order valence-electron chi connectivity index (χ0n) is 34.1. The number of rotatable bonds is 5. The molecule has 5 aromatic heterocycles. The molecule has 0 bridgehead atoms. The third-order valence-corrected chi connectivity index (χ3v) is 13.9. The number of nitrogens with zero attached hydrogens (tertiary/aromatic N) is 5. The van der Waals surface area contributed by atoms with Crippen molar-refractivity contribution in [2.45, 2.75) is 0 Å². The Labute approximate surface area is 369 Å². The van der Waals surface area contributed by atoms with Gasteiger partial charge in [0.25, 0.3) is 0 Å².